The van der Waals surface area contributed by atoms with Gasteiger partial charge in [-0.15, -0.1) is 16.4 Å². The van der Waals surface area contributed by atoms with Gasteiger partial charge in [0.1, 0.15) is 5.01 Å². The van der Waals surface area contributed by atoms with E-state index < -0.39 is 0 Å². The Morgan fingerprint density at radius 1 is 1.37 bits per heavy atom. The van der Waals surface area contributed by atoms with Crippen molar-refractivity contribution in [3.63, 3.8) is 0 Å². The summed E-state index contributed by atoms with van der Waals surface area (Å²) in [5, 5.41) is 12.0. The monoisotopic (exact) mass is 279 g/mol. The van der Waals surface area contributed by atoms with Crippen LogP contribution in [0.3, 0.4) is 0 Å². The van der Waals surface area contributed by atoms with E-state index in [0.29, 0.717) is 11.9 Å². The number of nitrogens with zero attached hydrogens (tertiary/aromatic N) is 3. The van der Waals surface area contributed by atoms with Crippen molar-refractivity contribution in [1.82, 2.24) is 15.2 Å². The quantitative estimate of drug-likeness (QED) is 0.890. The van der Waals surface area contributed by atoms with Gasteiger partial charge in [-0.05, 0) is 32.6 Å². The summed E-state index contributed by atoms with van der Waals surface area (Å²) in [7, 11) is 0. The van der Waals surface area contributed by atoms with Crippen LogP contribution in [0.5, 0.6) is 0 Å². The molecule has 0 saturated heterocycles. The molecule has 1 aliphatic carbocycles. The Morgan fingerprint density at radius 2 is 2.21 bits per heavy atom. The molecule has 7 heteroatoms. The third kappa shape index (κ3) is 2.62. The average molecular weight is 279 g/mol. The maximum atomic E-state index is 5.44. The van der Waals surface area contributed by atoms with E-state index in [0.717, 1.165) is 17.8 Å². The van der Waals surface area contributed by atoms with E-state index in [4.69, 9.17) is 15.1 Å². The fourth-order valence-corrected chi connectivity index (χ4v) is 3.35. The molecular formula is C12H17N5OS. The van der Waals surface area contributed by atoms with Crippen molar-refractivity contribution < 1.29 is 4.42 Å². The highest BCUT2D eigenvalue weighted by Gasteiger charge is 2.19. The van der Waals surface area contributed by atoms with Crippen molar-refractivity contribution in [3.8, 4) is 0 Å². The summed E-state index contributed by atoms with van der Waals surface area (Å²) in [4.78, 5) is 6.15. The summed E-state index contributed by atoms with van der Waals surface area (Å²) < 4.78 is 5.35. The molecule has 0 saturated carbocycles. The predicted octanol–water partition coefficient (Wildman–Crippen LogP) is 2.04. The van der Waals surface area contributed by atoms with E-state index in [1.54, 1.807) is 11.3 Å². The Morgan fingerprint density at radius 3 is 2.95 bits per heavy atom. The summed E-state index contributed by atoms with van der Waals surface area (Å²) in [5.41, 5.74) is 6.71. The third-order valence-corrected chi connectivity index (χ3v) is 4.55. The molecule has 102 valence electrons. The van der Waals surface area contributed by atoms with Gasteiger partial charge in [-0.25, -0.2) is 4.98 Å². The number of fused-ring (bicyclic) bond motifs is 1. The second kappa shape index (κ2) is 5.26. The van der Waals surface area contributed by atoms with Crippen LogP contribution in [0.15, 0.2) is 4.42 Å². The lowest BCUT2D eigenvalue weighted by molar-refractivity contribution is 0.503. The van der Waals surface area contributed by atoms with Gasteiger partial charge in [-0.3, -0.25) is 0 Å². The first-order valence-corrected chi connectivity index (χ1v) is 7.35. The number of hydrogen-bond donors (Lipinski definition) is 2. The molecule has 2 aromatic rings. The second-order valence-electron chi connectivity index (χ2n) is 4.70. The number of aromatic nitrogens is 3. The smallest absolute Gasteiger partial charge is 0.316 e. The molecule has 19 heavy (non-hydrogen) atoms. The molecule has 0 radical (unpaired) electrons. The predicted molar refractivity (Wildman–Crippen MR) is 73.0 cm³/mol. The number of rotatable bonds is 4. The van der Waals surface area contributed by atoms with Crippen molar-refractivity contribution in [2.45, 2.75) is 45.2 Å². The van der Waals surface area contributed by atoms with Crippen LogP contribution < -0.4 is 11.1 Å². The number of anilines is 1. The molecule has 3 rings (SSSR count). The van der Waals surface area contributed by atoms with Crippen molar-refractivity contribution in [2.75, 3.05) is 5.32 Å². The maximum absolute atomic E-state index is 5.44. The van der Waals surface area contributed by atoms with Gasteiger partial charge in [0.05, 0.1) is 18.3 Å². The molecule has 2 aromatic heterocycles. The summed E-state index contributed by atoms with van der Waals surface area (Å²) >= 11 is 1.79. The number of thiazole rings is 1. The average Bonchev–Trinajstić information content (AvgIpc) is 3.04. The number of nitrogens with two attached hydrogens (primary N) is 1. The minimum Gasteiger partial charge on any atom is -0.407 e. The van der Waals surface area contributed by atoms with Crippen molar-refractivity contribution in [1.29, 1.82) is 0 Å². The lowest BCUT2D eigenvalue weighted by Gasteiger charge is -2.07. The fraction of sp³-hybridized carbons (Fsp3) is 0.583. The van der Waals surface area contributed by atoms with Gasteiger partial charge in [0, 0.05) is 4.88 Å². The Balaban J connectivity index is 1.72. The van der Waals surface area contributed by atoms with E-state index in [-0.39, 0.29) is 12.6 Å². The van der Waals surface area contributed by atoms with Crippen LogP contribution in [0.4, 0.5) is 6.01 Å². The number of hydrogen-bond acceptors (Lipinski definition) is 7. The van der Waals surface area contributed by atoms with Gasteiger partial charge in [0.2, 0.25) is 5.89 Å². The first kappa shape index (κ1) is 12.6. The Kier molecular flexibility index (Phi) is 3.48. The molecule has 3 N–H and O–H groups in total. The molecule has 0 aliphatic heterocycles. The van der Waals surface area contributed by atoms with Crippen LogP contribution in [0.1, 0.15) is 47.3 Å². The largest absolute Gasteiger partial charge is 0.407 e. The van der Waals surface area contributed by atoms with Crippen LogP contribution in [0.25, 0.3) is 0 Å². The molecule has 0 spiro atoms. The van der Waals surface area contributed by atoms with Gasteiger partial charge in [-0.1, -0.05) is 5.10 Å². The molecule has 1 atom stereocenters. The zero-order valence-electron chi connectivity index (χ0n) is 10.8. The fourth-order valence-electron chi connectivity index (χ4n) is 2.20. The first-order valence-electron chi connectivity index (χ1n) is 6.53. The molecule has 1 aliphatic rings. The lowest BCUT2D eigenvalue weighted by atomic mass is 10.0. The summed E-state index contributed by atoms with van der Waals surface area (Å²) in [6.45, 7) is 2.31. The molecule has 0 aromatic carbocycles. The molecule has 0 bridgehead atoms. The highest BCUT2D eigenvalue weighted by molar-refractivity contribution is 7.11. The number of aryl methyl sites for hydroxylation is 2. The Hall–Kier alpha value is -1.47. The number of nitrogens with one attached hydrogen (secondary N) is 1. The standard InChI is InChI=1S/C12H17N5OS/c1-7(14-12-17-16-10(6-13)18-12)11-15-8-4-2-3-5-9(8)19-11/h7H,2-6,13H2,1H3,(H,14,17). The molecular weight excluding hydrogens is 262 g/mol. The highest BCUT2D eigenvalue weighted by Crippen LogP contribution is 2.30. The maximum Gasteiger partial charge on any atom is 0.316 e. The second-order valence-corrected chi connectivity index (χ2v) is 5.82. The SMILES string of the molecule is CC(Nc1nnc(CN)o1)c1nc2c(s1)CCCC2. The van der Waals surface area contributed by atoms with Gasteiger partial charge < -0.3 is 15.5 Å². The normalized spacial score (nSPS) is 16.1. The minimum absolute atomic E-state index is 0.0710. The van der Waals surface area contributed by atoms with E-state index in [2.05, 4.69) is 22.4 Å². The zero-order chi connectivity index (χ0) is 13.2. The topological polar surface area (TPSA) is 89.9 Å². The van der Waals surface area contributed by atoms with Crippen LogP contribution in [0.2, 0.25) is 0 Å². The first-order chi connectivity index (χ1) is 9.26. The molecule has 1 unspecified atom stereocenters. The molecule has 2 heterocycles. The summed E-state index contributed by atoms with van der Waals surface area (Å²) in [5.74, 6) is 0.438. The van der Waals surface area contributed by atoms with Crippen molar-refractivity contribution in [3.05, 3.63) is 21.5 Å². The molecule has 0 amide bonds. The van der Waals surface area contributed by atoms with Crippen LogP contribution in [0, 0.1) is 0 Å². The summed E-state index contributed by atoms with van der Waals surface area (Å²) in [6.07, 6.45) is 4.80. The van der Waals surface area contributed by atoms with E-state index in [1.165, 1.54) is 23.4 Å². The molecule has 6 nitrogen and oxygen atoms in total. The van der Waals surface area contributed by atoms with E-state index >= 15 is 0 Å². The van der Waals surface area contributed by atoms with Gasteiger partial charge >= 0.3 is 6.01 Å². The van der Waals surface area contributed by atoms with E-state index in [9.17, 15) is 0 Å². The van der Waals surface area contributed by atoms with Crippen LogP contribution in [-0.2, 0) is 19.4 Å². The van der Waals surface area contributed by atoms with Gasteiger partial charge in [0.15, 0.2) is 0 Å². The third-order valence-electron chi connectivity index (χ3n) is 3.21. The van der Waals surface area contributed by atoms with Gasteiger partial charge in [0.25, 0.3) is 0 Å². The van der Waals surface area contributed by atoms with Crippen LogP contribution in [-0.4, -0.2) is 15.2 Å². The highest BCUT2D eigenvalue weighted by atomic mass is 32.1. The van der Waals surface area contributed by atoms with Crippen molar-refractivity contribution >= 4 is 17.4 Å². The van der Waals surface area contributed by atoms with E-state index in [1.807, 2.05) is 0 Å². The Labute approximate surface area is 115 Å². The van der Waals surface area contributed by atoms with Gasteiger partial charge in [-0.2, -0.15) is 0 Å². The summed E-state index contributed by atoms with van der Waals surface area (Å²) in [6, 6.07) is 0.475. The molecule has 0 fully saturated rings. The van der Waals surface area contributed by atoms with Crippen LogP contribution >= 0.6 is 11.3 Å². The minimum atomic E-state index is 0.0710. The van der Waals surface area contributed by atoms with Crippen molar-refractivity contribution in [2.24, 2.45) is 5.73 Å². The zero-order valence-corrected chi connectivity index (χ0v) is 11.7. The lowest BCUT2D eigenvalue weighted by Crippen LogP contribution is -2.07. The Bertz CT molecular complexity index is 541.